The van der Waals surface area contributed by atoms with Gasteiger partial charge in [-0.1, -0.05) is 0 Å². The minimum absolute atomic E-state index is 0.0407. The highest BCUT2D eigenvalue weighted by atomic mass is 32.1. The molecule has 6 aliphatic heterocycles. The van der Waals surface area contributed by atoms with E-state index in [4.69, 9.17) is 17.0 Å². The number of halogens is 4. The molecule has 0 radical (unpaired) electrons. The van der Waals surface area contributed by atoms with Crippen LogP contribution in [-0.2, 0) is 26.0 Å². The van der Waals surface area contributed by atoms with Crippen molar-refractivity contribution < 1.29 is 51.1 Å². The summed E-state index contributed by atoms with van der Waals surface area (Å²) in [6, 6.07) is 11.0. The molecule has 7 aliphatic rings. The molecular weight excluding hydrogens is 883 g/mol. The maximum atomic E-state index is 15.9. The number of carbonyl (C=O) groups excluding carboxylic acids is 6. The first-order valence-corrected chi connectivity index (χ1v) is 22.3. The van der Waals surface area contributed by atoms with E-state index in [1.807, 2.05) is 0 Å². The van der Waals surface area contributed by atoms with Crippen molar-refractivity contribution in [2.45, 2.75) is 94.4 Å². The quantitative estimate of drug-likeness (QED) is 0.186. The summed E-state index contributed by atoms with van der Waals surface area (Å²) in [5.41, 5.74) is -2.52. The summed E-state index contributed by atoms with van der Waals surface area (Å²) in [7, 11) is 0. The number of amides is 6. The van der Waals surface area contributed by atoms with E-state index in [2.05, 4.69) is 10.2 Å². The zero-order chi connectivity index (χ0) is 46.8. The van der Waals surface area contributed by atoms with Crippen molar-refractivity contribution in [3.8, 4) is 11.8 Å². The fraction of sp³-hybridized carbons (Fsp3) is 0.447. The second-order valence-electron chi connectivity index (χ2n) is 19.2. The largest absolute Gasteiger partial charge is 0.492 e. The van der Waals surface area contributed by atoms with E-state index in [0.717, 1.165) is 79.1 Å². The molecule has 0 bridgehead atoms. The number of ether oxygens (including phenoxy) is 1. The van der Waals surface area contributed by atoms with E-state index < -0.39 is 70.1 Å². The van der Waals surface area contributed by atoms with Crippen molar-refractivity contribution >= 4 is 64.1 Å². The van der Waals surface area contributed by atoms with Crippen LogP contribution in [-0.4, -0.2) is 106 Å². The molecule has 1 atom stereocenters. The second-order valence-corrected chi connectivity index (χ2v) is 19.5. The highest BCUT2D eigenvalue weighted by Crippen LogP contribution is 2.50. The maximum absolute atomic E-state index is 15.9. The molecule has 6 amide bonds. The summed E-state index contributed by atoms with van der Waals surface area (Å²) < 4.78 is 63.4. The Morgan fingerprint density at radius 1 is 0.894 bits per heavy atom. The van der Waals surface area contributed by atoms with Crippen molar-refractivity contribution in [2.24, 2.45) is 5.41 Å². The number of benzene rings is 3. The van der Waals surface area contributed by atoms with Gasteiger partial charge >= 0.3 is 6.18 Å². The molecule has 5 fully saturated rings. The molecule has 19 heteroatoms. The summed E-state index contributed by atoms with van der Waals surface area (Å²) in [5, 5.41) is 11.3. The molecule has 10 rings (SSSR count). The number of anilines is 2. The molecule has 1 unspecified atom stereocenters. The van der Waals surface area contributed by atoms with Gasteiger partial charge in [0.1, 0.15) is 23.1 Å². The number of nitrogens with zero attached hydrogens (tertiary/aromatic N) is 6. The zero-order valence-corrected chi connectivity index (χ0v) is 36.7. The molecule has 6 heterocycles. The van der Waals surface area contributed by atoms with Gasteiger partial charge in [0, 0.05) is 47.6 Å². The first kappa shape index (κ1) is 43.6. The summed E-state index contributed by atoms with van der Waals surface area (Å²) in [4.78, 5) is 86.0. The number of nitrogens with one attached hydrogen (secondary N) is 1. The van der Waals surface area contributed by atoms with Gasteiger partial charge in [-0.05, 0) is 133 Å². The Bertz CT molecular complexity index is 2750. The third-order valence-electron chi connectivity index (χ3n) is 15.0. The monoisotopic (exact) mass is 925 g/mol. The Morgan fingerprint density at radius 2 is 1.56 bits per heavy atom. The van der Waals surface area contributed by atoms with Crippen LogP contribution in [0.4, 0.5) is 28.9 Å². The molecule has 66 heavy (non-hydrogen) atoms. The smallest absolute Gasteiger partial charge is 0.417 e. The lowest BCUT2D eigenvalue weighted by Gasteiger charge is -2.55. The predicted octanol–water partition coefficient (Wildman–Crippen LogP) is 5.85. The molecule has 3 aromatic carbocycles. The molecule has 3 aromatic rings. The Hall–Kier alpha value is -6.26. The van der Waals surface area contributed by atoms with Gasteiger partial charge in [0.05, 0.1) is 46.2 Å². The number of thiocarbonyl (C=S) groups is 1. The van der Waals surface area contributed by atoms with E-state index in [-0.39, 0.29) is 56.8 Å². The van der Waals surface area contributed by atoms with Gasteiger partial charge in [-0.15, -0.1) is 0 Å². The van der Waals surface area contributed by atoms with E-state index in [9.17, 15) is 47.2 Å². The number of fused-ring (bicyclic) bond motifs is 3. The van der Waals surface area contributed by atoms with Crippen LogP contribution >= 0.6 is 12.2 Å². The highest BCUT2D eigenvalue weighted by molar-refractivity contribution is 7.81. The van der Waals surface area contributed by atoms with Crippen molar-refractivity contribution in [3.63, 3.8) is 0 Å². The number of hydrogen-bond acceptors (Lipinski definition) is 10. The number of likely N-dealkylation sites (tertiary alicyclic amines) is 2. The normalized spacial score (nSPS) is 23.6. The van der Waals surface area contributed by atoms with Gasteiger partial charge in [0.2, 0.25) is 11.8 Å². The van der Waals surface area contributed by atoms with Crippen LogP contribution in [0.15, 0.2) is 48.5 Å². The van der Waals surface area contributed by atoms with Gasteiger partial charge < -0.3 is 19.4 Å². The lowest BCUT2D eigenvalue weighted by atomic mass is 9.66. The molecule has 1 aliphatic carbocycles. The molecule has 14 nitrogen and oxygen atoms in total. The summed E-state index contributed by atoms with van der Waals surface area (Å²) >= 11 is 5.59. The van der Waals surface area contributed by atoms with Gasteiger partial charge in [0.15, 0.2) is 5.11 Å². The van der Waals surface area contributed by atoms with Crippen LogP contribution in [0.1, 0.15) is 113 Å². The Kier molecular flexibility index (Phi) is 10.0. The summed E-state index contributed by atoms with van der Waals surface area (Å²) in [6.07, 6.45) is 0.517. The highest BCUT2D eigenvalue weighted by Gasteiger charge is 2.53. The third-order valence-corrected chi connectivity index (χ3v) is 15.4. The van der Waals surface area contributed by atoms with Crippen LogP contribution in [0.3, 0.4) is 0 Å². The fourth-order valence-electron chi connectivity index (χ4n) is 11.3. The second kappa shape index (κ2) is 15.1. The van der Waals surface area contributed by atoms with E-state index in [0.29, 0.717) is 37.6 Å². The number of nitriles is 1. The Balaban J connectivity index is 0.748. The van der Waals surface area contributed by atoms with Crippen LogP contribution < -0.4 is 19.9 Å². The number of carbonyl (C=O) groups is 6. The van der Waals surface area contributed by atoms with E-state index in [1.54, 1.807) is 17.0 Å². The van der Waals surface area contributed by atoms with Crippen molar-refractivity contribution in [1.82, 2.24) is 20.0 Å². The molecule has 0 aromatic heterocycles. The average molecular weight is 926 g/mol. The van der Waals surface area contributed by atoms with E-state index >= 15 is 4.39 Å². The third kappa shape index (κ3) is 6.69. The maximum Gasteiger partial charge on any atom is 0.417 e. The molecule has 2 spiro atoms. The summed E-state index contributed by atoms with van der Waals surface area (Å²) in [5.74, 6) is -3.58. The average Bonchev–Trinajstić information content (AvgIpc) is 3.80. The lowest BCUT2D eigenvalue weighted by Crippen LogP contribution is -2.61. The molecule has 1 N–H and O–H groups in total. The van der Waals surface area contributed by atoms with Gasteiger partial charge in [-0.3, -0.25) is 43.9 Å². The number of hydrogen-bond donors (Lipinski definition) is 1. The standard InChI is InChI=1S/C47H43F4N7O7S/c1-44(2)42(64)56(27-4-3-25(21-52)32(17-27)47(49,50)51)43(66)58(44)28-5-6-29(34(48)18-28)39(61)55-22-45(23-55)11-9-26(10-12-45)54-15-13-46(14-16-54)24-65-36-20-31-30(19-33(36)46)40(62)57(41(31)63)35-7-8-37(59)53-38(35)60/h3-6,17-20,26,35H,7-16,22-24H2,1-2H3,(H,53,59,60). The van der Waals surface area contributed by atoms with Gasteiger partial charge in [-0.25, -0.2) is 4.39 Å². The van der Waals surface area contributed by atoms with Crippen molar-refractivity contribution in [3.05, 3.63) is 87.7 Å². The summed E-state index contributed by atoms with van der Waals surface area (Å²) in [6.45, 7) is 6.05. The Labute approximate surface area is 381 Å². The minimum Gasteiger partial charge on any atom is -0.492 e. The predicted molar refractivity (Wildman–Crippen MR) is 231 cm³/mol. The van der Waals surface area contributed by atoms with Crippen molar-refractivity contribution in [2.75, 3.05) is 42.6 Å². The Morgan fingerprint density at radius 3 is 2.20 bits per heavy atom. The SMILES string of the molecule is CC1(C)C(=O)N(c2ccc(C#N)c(C(F)(F)F)c2)C(=S)N1c1ccc(C(=O)N2CC3(CCC(N4CCC5(CC4)COc4cc6c(cc45)C(=O)N(C4CCC(=O)NC4=O)C6=O)CC3)C2)c(F)c1. The topological polar surface area (TPSA) is 164 Å². The van der Waals surface area contributed by atoms with E-state index in [1.165, 1.54) is 43.0 Å². The number of rotatable bonds is 5. The molecule has 342 valence electrons. The van der Waals surface area contributed by atoms with Gasteiger partial charge in [0.25, 0.3) is 23.6 Å². The molecule has 1 saturated carbocycles. The van der Waals surface area contributed by atoms with Crippen LogP contribution in [0.25, 0.3) is 0 Å². The molecular formula is C47H43F4N7O7S. The van der Waals surface area contributed by atoms with Crippen LogP contribution in [0, 0.1) is 22.6 Å². The first-order valence-electron chi connectivity index (χ1n) is 21.9. The van der Waals surface area contributed by atoms with Gasteiger partial charge in [-0.2, -0.15) is 18.4 Å². The van der Waals surface area contributed by atoms with Crippen LogP contribution in [0.2, 0.25) is 0 Å². The lowest BCUT2D eigenvalue weighted by molar-refractivity contribution is -0.138. The molecule has 4 saturated heterocycles. The number of piperidine rings is 2. The fourth-order valence-corrected chi connectivity index (χ4v) is 11.8. The zero-order valence-electron chi connectivity index (χ0n) is 35.9. The minimum atomic E-state index is -4.87. The number of imide groups is 2. The van der Waals surface area contributed by atoms with Crippen LogP contribution in [0.5, 0.6) is 5.75 Å². The number of alkyl halides is 3. The van der Waals surface area contributed by atoms with Crippen molar-refractivity contribution in [1.29, 1.82) is 5.26 Å². The first-order chi connectivity index (χ1) is 31.3.